The van der Waals surface area contributed by atoms with Gasteiger partial charge in [0.2, 0.25) is 15.9 Å². The topological polar surface area (TPSA) is 95.6 Å². The van der Waals surface area contributed by atoms with Crippen molar-refractivity contribution in [3.8, 4) is 0 Å². The third-order valence-corrected chi connectivity index (χ3v) is 7.92. The second kappa shape index (κ2) is 10.9. The molecule has 7 nitrogen and oxygen atoms in total. The highest BCUT2D eigenvalue weighted by atomic mass is 32.2. The smallest absolute Gasteiger partial charge is 0.251 e. The summed E-state index contributed by atoms with van der Waals surface area (Å²) in [4.78, 5) is 24.6. The van der Waals surface area contributed by atoms with Gasteiger partial charge in [0.1, 0.15) is 0 Å². The number of hydrogen-bond donors (Lipinski definition) is 2. The van der Waals surface area contributed by atoms with E-state index in [2.05, 4.69) is 10.6 Å². The van der Waals surface area contributed by atoms with Crippen LogP contribution in [0.2, 0.25) is 0 Å². The van der Waals surface area contributed by atoms with Gasteiger partial charge in [-0.3, -0.25) is 9.59 Å². The average molecular weight is 436 g/mol. The summed E-state index contributed by atoms with van der Waals surface area (Å²) < 4.78 is 27.2. The number of carbonyl (C=O) groups is 2. The van der Waals surface area contributed by atoms with Crippen molar-refractivity contribution in [2.45, 2.75) is 62.7 Å². The van der Waals surface area contributed by atoms with Crippen LogP contribution >= 0.6 is 0 Å². The molecule has 1 aliphatic carbocycles. The molecular formula is C22H33N3O4S. The molecule has 2 fully saturated rings. The third-order valence-electron chi connectivity index (χ3n) is 6.01. The van der Waals surface area contributed by atoms with Crippen LogP contribution in [0.25, 0.3) is 0 Å². The van der Waals surface area contributed by atoms with Crippen molar-refractivity contribution < 1.29 is 18.0 Å². The Labute approximate surface area is 179 Å². The Morgan fingerprint density at radius 1 is 0.833 bits per heavy atom. The van der Waals surface area contributed by atoms with Crippen LogP contribution in [0.15, 0.2) is 29.2 Å². The van der Waals surface area contributed by atoms with Crippen molar-refractivity contribution in [2.75, 3.05) is 26.2 Å². The van der Waals surface area contributed by atoms with Gasteiger partial charge in [-0.25, -0.2) is 8.42 Å². The molecule has 0 bridgehead atoms. The summed E-state index contributed by atoms with van der Waals surface area (Å²) in [6, 6.07) is 6.08. The van der Waals surface area contributed by atoms with E-state index < -0.39 is 10.0 Å². The maximum atomic E-state index is 12.8. The molecule has 2 amide bonds. The van der Waals surface area contributed by atoms with Gasteiger partial charge in [0.15, 0.2) is 0 Å². The van der Waals surface area contributed by atoms with E-state index in [0.29, 0.717) is 31.7 Å². The normalized spacial score (nSPS) is 19.1. The van der Waals surface area contributed by atoms with Crippen LogP contribution in [0.3, 0.4) is 0 Å². The Balaban J connectivity index is 1.47. The first-order valence-corrected chi connectivity index (χ1v) is 12.6. The molecule has 30 heavy (non-hydrogen) atoms. The SMILES string of the molecule is O=C(NCCNC(=O)C1CCCCC1)c1ccc(S(=O)(=O)N2CCCCCC2)cc1. The molecule has 0 atom stereocenters. The lowest BCUT2D eigenvalue weighted by Gasteiger charge is -2.20. The zero-order chi connectivity index (χ0) is 21.4. The number of carbonyl (C=O) groups excluding carboxylic acids is 2. The van der Waals surface area contributed by atoms with Crippen LogP contribution in [-0.4, -0.2) is 50.7 Å². The number of rotatable bonds is 7. The second-order valence-corrected chi connectivity index (χ2v) is 10.2. The van der Waals surface area contributed by atoms with Gasteiger partial charge in [-0.05, 0) is 49.9 Å². The molecule has 0 unspecified atom stereocenters. The molecule has 0 aromatic heterocycles. The molecule has 1 aliphatic heterocycles. The van der Waals surface area contributed by atoms with Gasteiger partial charge in [-0.1, -0.05) is 32.1 Å². The van der Waals surface area contributed by atoms with E-state index in [9.17, 15) is 18.0 Å². The summed E-state index contributed by atoms with van der Waals surface area (Å²) in [6.07, 6.45) is 9.22. The molecule has 1 aromatic carbocycles. The molecule has 2 aliphatic rings. The summed E-state index contributed by atoms with van der Waals surface area (Å²) in [7, 11) is -3.51. The zero-order valence-electron chi connectivity index (χ0n) is 17.6. The third kappa shape index (κ3) is 6.04. The molecule has 166 valence electrons. The van der Waals surface area contributed by atoms with Gasteiger partial charge in [-0.15, -0.1) is 0 Å². The Hall–Kier alpha value is -1.93. The molecule has 3 rings (SSSR count). The Kier molecular flexibility index (Phi) is 8.27. The van der Waals surface area contributed by atoms with E-state index in [4.69, 9.17) is 0 Å². The number of nitrogens with one attached hydrogen (secondary N) is 2. The Morgan fingerprint density at radius 2 is 1.40 bits per heavy atom. The first kappa shape index (κ1) is 22.7. The van der Waals surface area contributed by atoms with Gasteiger partial charge in [0.05, 0.1) is 4.90 Å². The summed E-state index contributed by atoms with van der Waals surface area (Å²) in [5.74, 6) is -0.0965. The van der Waals surface area contributed by atoms with Gasteiger partial charge < -0.3 is 10.6 Å². The number of amides is 2. The minimum atomic E-state index is -3.51. The molecular weight excluding hydrogens is 402 g/mol. The largest absolute Gasteiger partial charge is 0.354 e. The molecule has 0 spiro atoms. The lowest BCUT2D eigenvalue weighted by atomic mass is 9.89. The highest BCUT2D eigenvalue weighted by molar-refractivity contribution is 7.89. The quantitative estimate of drug-likeness (QED) is 0.644. The average Bonchev–Trinajstić information content (AvgIpc) is 3.07. The van der Waals surface area contributed by atoms with E-state index in [-0.39, 0.29) is 22.6 Å². The molecule has 1 heterocycles. The van der Waals surface area contributed by atoms with Gasteiger partial charge >= 0.3 is 0 Å². The fourth-order valence-electron chi connectivity index (χ4n) is 4.18. The summed E-state index contributed by atoms with van der Waals surface area (Å²) in [5.41, 5.74) is 0.406. The first-order chi connectivity index (χ1) is 14.5. The fourth-order valence-corrected chi connectivity index (χ4v) is 5.70. The maximum Gasteiger partial charge on any atom is 0.251 e. The highest BCUT2D eigenvalue weighted by Gasteiger charge is 2.25. The fraction of sp³-hybridized carbons (Fsp3) is 0.636. The standard InChI is InChI=1S/C22H33N3O4S/c26-21(18-8-4-3-5-9-18)23-14-15-24-22(27)19-10-12-20(13-11-19)30(28,29)25-16-6-1-2-7-17-25/h10-13,18H,1-9,14-17H2,(H,23,26)(H,24,27). The van der Waals surface area contributed by atoms with Gasteiger partial charge in [0, 0.05) is 37.7 Å². The van der Waals surface area contributed by atoms with Crippen LogP contribution in [0.4, 0.5) is 0 Å². The van der Waals surface area contributed by atoms with Crippen molar-refractivity contribution >= 4 is 21.8 Å². The van der Waals surface area contributed by atoms with Crippen LogP contribution < -0.4 is 10.6 Å². The van der Waals surface area contributed by atoms with E-state index in [1.54, 1.807) is 16.4 Å². The lowest BCUT2D eigenvalue weighted by Crippen LogP contribution is -2.38. The van der Waals surface area contributed by atoms with Crippen molar-refractivity contribution in [1.29, 1.82) is 0 Å². The number of sulfonamides is 1. The van der Waals surface area contributed by atoms with Gasteiger partial charge in [0.25, 0.3) is 5.91 Å². The van der Waals surface area contributed by atoms with Crippen molar-refractivity contribution in [1.82, 2.24) is 14.9 Å². The first-order valence-electron chi connectivity index (χ1n) is 11.1. The van der Waals surface area contributed by atoms with E-state index in [0.717, 1.165) is 51.4 Å². The lowest BCUT2D eigenvalue weighted by molar-refractivity contribution is -0.125. The molecule has 1 saturated heterocycles. The second-order valence-electron chi connectivity index (χ2n) is 8.22. The van der Waals surface area contributed by atoms with Crippen LogP contribution in [0.5, 0.6) is 0 Å². The minimum Gasteiger partial charge on any atom is -0.354 e. The molecule has 0 radical (unpaired) electrons. The number of benzene rings is 1. The summed E-state index contributed by atoms with van der Waals surface area (Å²) in [5, 5.41) is 5.66. The molecule has 1 aromatic rings. The van der Waals surface area contributed by atoms with Crippen molar-refractivity contribution in [2.24, 2.45) is 5.92 Å². The van der Waals surface area contributed by atoms with Crippen LogP contribution in [0, 0.1) is 5.92 Å². The molecule has 1 saturated carbocycles. The van der Waals surface area contributed by atoms with Crippen LogP contribution in [-0.2, 0) is 14.8 Å². The summed E-state index contributed by atoms with van der Waals surface area (Å²) >= 11 is 0. The number of nitrogens with zero attached hydrogens (tertiary/aromatic N) is 1. The van der Waals surface area contributed by atoms with Crippen molar-refractivity contribution in [3.05, 3.63) is 29.8 Å². The van der Waals surface area contributed by atoms with E-state index in [1.165, 1.54) is 18.6 Å². The highest BCUT2D eigenvalue weighted by Crippen LogP contribution is 2.23. The van der Waals surface area contributed by atoms with E-state index in [1.807, 2.05) is 0 Å². The van der Waals surface area contributed by atoms with E-state index >= 15 is 0 Å². The molecule has 2 N–H and O–H groups in total. The Bertz CT molecular complexity index is 809. The van der Waals surface area contributed by atoms with Gasteiger partial charge in [-0.2, -0.15) is 4.31 Å². The summed E-state index contributed by atoms with van der Waals surface area (Å²) in [6.45, 7) is 1.84. The Morgan fingerprint density at radius 3 is 2.03 bits per heavy atom. The maximum absolute atomic E-state index is 12.8. The minimum absolute atomic E-state index is 0.0759. The predicted molar refractivity (Wildman–Crippen MR) is 116 cm³/mol. The van der Waals surface area contributed by atoms with Crippen LogP contribution in [0.1, 0.15) is 68.1 Å². The number of hydrogen-bond acceptors (Lipinski definition) is 4. The molecule has 8 heteroatoms. The van der Waals surface area contributed by atoms with Crippen molar-refractivity contribution in [3.63, 3.8) is 0 Å². The predicted octanol–water partition coefficient (Wildman–Crippen LogP) is 2.68. The zero-order valence-corrected chi connectivity index (χ0v) is 18.4. The monoisotopic (exact) mass is 435 g/mol.